The SMILES string of the molecule is CC(=O)N1CCC[C@@H](Nc2cc(C)ncn2)C1. The fourth-order valence-corrected chi connectivity index (χ4v) is 2.12. The van der Waals surface area contributed by atoms with Crippen LogP contribution in [-0.2, 0) is 4.79 Å². The summed E-state index contributed by atoms with van der Waals surface area (Å²) in [6, 6.07) is 2.22. The molecule has 0 spiro atoms. The van der Waals surface area contributed by atoms with Gasteiger partial charge in [0.25, 0.3) is 0 Å². The minimum absolute atomic E-state index is 0.148. The van der Waals surface area contributed by atoms with Crippen molar-refractivity contribution in [1.29, 1.82) is 0 Å². The van der Waals surface area contributed by atoms with Gasteiger partial charge in [-0.1, -0.05) is 0 Å². The van der Waals surface area contributed by atoms with Gasteiger partial charge in [0, 0.05) is 37.8 Å². The fraction of sp³-hybridized carbons (Fsp3) is 0.583. The van der Waals surface area contributed by atoms with Gasteiger partial charge in [0.15, 0.2) is 0 Å². The van der Waals surface area contributed by atoms with Crippen molar-refractivity contribution in [2.24, 2.45) is 0 Å². The molecule has 0 aromatic carbocycles. The number of hydrogen-bond acceptors (Lipinski definition) is 4. The third-order valence-electron chi connectivity index (χ3n) is 3.02. The molecule has 92 valence electrons. The molecule has 1 saturated heterocycles. The number of aryl methyl sites for hydroxylation is 1. The monoisotopic (exact) mass is 234 g/mol. The Morgan fingerprint density at radius 3 is 3.06 bits per heavy atom. The molecule has 0 unspecified atom stereocenters. The first-order valence-electron chi connectivity index (χ1n) is 5.96. The molecule has 1 aliphatic heterocycles. The van der Waals surface area contributed by atoms with E-state index in [0.717, 1.165) is 37.4 Å². The number of nitrogens with zero attached hydrogens (tertiary/aromatic N) is 3. The van der Waals surface area contributed by atoms with Crippen LogP contribution in [0.4, 0.5) is 5.82 Å². The maximum absolute atomic E-state index is 11.3. The number of piperidine rings is 1. The van der Waals surface area contributed by atoms with E-state index in [-0.39, 0.29) is 5.91 Å². The molecule has 2 rings (SSSR count). The fourth-order valence-electron chi connectivity index (χ4n) is 2.12. The van der Waals surface area contributed by atoms with E-state index in [9.17, 15) is 4.79 Å². The van der Waals surface area contributed by atoms with Gasteiger partial charge >= 0.3 is 0 Å². The smallest absolute Gasteiger partial charge is 0.219 e. The molecular weight excluding hydrogens is 216 g/mol. The predicted octanol–water partition coefficient (Wildman–Crippen LogP) is 1.21. The van der Waals surface area contributed by atoms with Gasteiger partial charge < -0.3 is 10.2 Å². The highest BCUT2D eigenvalue weighted by Crippen LogP contribution is 2.14. The quantitative estimate of drug-likeness (QED) is 0.835. The molecule has 5 heteroatoms. The number of carbonyl (C=O) groups is 1. The van der Waals surface area contributed by atoms with Gasteiger partial charge in [-0.05, 0) is 19.8 Å². The van der Waals surface area contributed by atoms with Crippen LogP contribution in [0.1, 0.15) is 25.5 Å². The third kappa shape index (κ3) is 3.15. The molecule has 5 nitrogen and oxygen atoms in total. The summed E-state index contributed by atoms with van der Waals surface area (Å²) in [4.78, 5) is 21.4. The van der Waals surface area contributed by atoms with Crippen molar-refractivity contribution in [2.45, 2.75) is 32.7 Å². The van der Waals surface area contributed by atoms with E-state index in [0.29, 0.717) is 6.04 Å². The summed E-state index contributed by atoms with van der Waals surface area (Å²) in [6.45, 7) is 5.20. The maximum atomic E-state index is 11.3. The Labute approximate surface area is 101 Å². The topological polar surface area (TPSA) is 58.1 Å². The Hall–Kier alpha value is -1.65. The minimum Gasteiger partial charge on any atom is -0.365 e. The van der Waals surface area contributed by atoms with Crippen LogP contribution in [0.15, 0.2) is 12.4 Å². The number of rotatable bonds is 2. The zero-order valence-corrected chi connectivity index (χ0v) is 10.3. The molecule has 1 aromatic heterocycles. The van der Waals surface area contributed by atoms with Crippen LogP contribution in [0.25, 0.3) is 0 Å². The predicted molar refractivity (Wildman–Crippen MR) is 65.7 cm³/mol. The summed E-state index contributed by atoms with van der Waals surface area (Å²) >= 11 is 0. The molecule has 1 aliphatic rings. The molecule has 0 radical (unpaired) electrons. The number of amides is 1. The lowest BCUT2D eigenvalue weighted by Gasteiger charge is -2.32. The molecule has 2 heterocycles. The number of aromatic nitrogens is 2. The molecule has 1 N–H and O–H groups in total. The van der Waals surface area contributed by atoms with Gasteiger partial charge in [-0.15, -0.1) is 0 Å². The first-order valence-corrected chi connectivity index (χ1v) is 5.96. The van der Waals surface area contributed by atoms with E-state index < -0.39 is 0 Å². The number of nitrogens with one attached hydrogen (secondary N) is 1. The Morgan fingerprint density at radius 2 is 2.35 bits per heavy atom. The molecule has 1 amide bonds. The Balaban J connectivity index is 1.97. The van der Waals surface area contributed by atoms with Crippen LogP contribution in [0, 0.1) is 6.92 Å². The summed E-state index contributed by atoms with van der Waals surface area (Å²) < 4.78 is 0. The molecule has 1 atom stereocenters. The zero-order chi connectivity index (χ0) is 12.3. The number of carbonyl (C=O) groups excluding carboxylic acids is 1. The highest BCUT2D eigenvalue weighted by atomic mass is 16.2. The van der Waals surface area contributed by atoms with Crippen molar-refractivity contribution in [3.05, 3.63) is 18.1 Å². The van der Waals surface area contributed by atoms with E-state index in [1.165, 1.54) is 0 Å². The van der Waals surface area contributed by atoms with Crippen molar-refractivity contribution < 1.29 is 4.79 Å². The minimum atomic E-state index is 0.148. The van der Waals surface area contributed by atoms with Crippen molar-refractivity contribution in [3.63, 3.8) is 0 Å². The third-order valence-corrected chi connectivity index (χ3v) is 3.02. The molecule has 0 bridgehead atoms. The Kier molecular flexibility index (Phi) is 3.56. The summed E-state index contributed by atoms with van der Waals surface area (Å²) in [5, 5.41) is 3.36. The van der Waals surface area contributed by atoms with Gasteiger partial charge in [-0.2, -0.15) is 0 Å². The van der Waals surface area contributed by atoms with Crippen molar-refractivity contribution in [3.8, 4) is 0 Å². The van der Waals surface area contributed by atoms with Crippen LogP contribution < -0.4 is 5.32 Å². The molecule has 1 aromatic rings. The summed E-state index contributed by atoms with van der Waals surface area (Å²) in [5.74, 6) is 0.989. The van der Waals surface area contributed by atoms with Crippen LogP contribution in [0.2, 0.25) is 0 Å². The van der Waals surface area contributed by atoms with Crippen LogP contribution in [-0.4, -0.2) is 39.9 Å². The van der Waals surface area contributed by atoms with Gasteiger partial charge in [0.2, 0.25) is 5.91 Å². The summed E-state index contributed by atoms with van der Waals surface area (Å²) in [5.41, 5.74) is 0.946. The largest absolute Gasteiger partial charge is 0.365 e. The molecular formula is C12H18N4O. The molecule has 1 fully saturated rings. The van der Waals surface area contributed by atoms with E-state index in [1.807, 2.05) is 17.9 Å². The number of anilines is 1. The molecule has 0 saturated carbocycles. The zero-order valence-electron chi connectivity index (χ0n) is 10.3. The van der Waals surface area contributed by atoms with Gasteiger partial charge in [0.05, 0.1) is 0 Å². The summed E-state index contributed by atoms with van der Waals surface area (Å²) in [6.07, 6.45) is 3.68. The van der Waals surface area contributed by atoms with Crippen molar-refractivity contribution in [2.75, 3.05) is 18.4 Å². The van der Waals surface area contributed by atoms with E-state index in [1.54, 1.807) is 13.3 Å². The second-order valence-electron chi connectivity index (χ2n) is 4.49. The maximum Gasteiger partial charge on any atom is 0.219 e. The van der Waals surface area contributed by atoms with Crippen molar-refractivity contribution >= 4 is 11.7 Å². The number of likely N-dealkylation sites (tertiary alicyclic amines) is 1. The van der Waals surface area contributed by atoms with Gasteiger partial charge in [0.1, 0.15) is 12.1 Å². The van der Waals surface area contributed by atoms with E-state index in [4.69, 9.17) is 0 Å². The van der Waals surface area contributed by atoms with E-state index >= 15 is 0 Å². The lowest BCUT2D eigenvalue weighted by molar-refractivity contribution is -0.129. The summed E-state index contributed by atoms with van der Waals surface area (Å²) in [7, 11) is 0. The molecule has 0 aliphatic carbocycles. The van der Waals surface area contributed by atoms with Crippen molar-refractivity contribution in [1.82, 2.24) is 14.9 Å². The first-order chi connectivity index (χ1) is 8.15. The molecule has 17 heavy (non-hydrogen) atoms. The normalized spacial score (nSPS) is 20.1. The lowest BCUT2D eigenvalue weighted by Crippen LogP contribution is -2.44. The second kappa shape index (κ2) is 5.12. The standard InChI is InChI=1S/C12H18N4O/c1-9-6-12(14-8-13-9)15-11-4-3-5-16(7-11)10(2)17/h6,8,11H,3-5,7H2,1-2H3,(H,13,14,15)/t11-/m1/s1. The highest BCUT2D eigenvalue weighted by Gasteiger charge is 2.21. The highest BCUT2D eigenvalue weighted by molar-refractivity contribution is 5.73. The van der Waals surface area contributed by atoms with Crippen LogP contribution >= 0.6 is 0 Å². The average molecular weight is 234 g/mol. The van der Waals surface area contributed by atoms with E-state index in [2.05, 4.69) is 15.3 Å². The lowest BCUT2D eigenvalue weighted by atomic mass is 10.1. The van der Waals surface area contributed by atoms with Crippen LogP contribution in [0.3, 0.4) is 0 Å². The average Bonchev–Trinajstić information content (AvgIpc) is 2.29. The first kappa shape index (κ1) is 11.8. The Bertz CT molecular complexity index is 407. The second-order valence-corrected chi connectivity index (χ2v) is 4.49. The number of hydrogen-bond donors (Lipinski definition) is 1. The van der Waals surface area contributed by atoms with Crippen LogP contribution in [0.5, 0.6) is 0 Å². The Morgan fingerprint density at radius 1 is 1.53 bits per heavy atom. The van der Waals surface area contributed by atoms with Gasteiger partial charge in [-0.3, -0.25) is 4.79 Å². The van der Waals surface area contributed by atoms with Gasteiger partial charge in [-0.25, -0.2) is 9.97 Å².